The molecule has 0 atom stereocenters. The first kappa shape index (κ1) is 34.0. The van der Waals surface area contributed by atoms with Crippen LogP contribution in [0.25, 0.3) is 61.5 Å². The molecule has 6 aromatic rings. The van der Waals surface area contributed by atoms with Crippen LogP contribution in [0.15, 0.2) is 92.0 Å². The maximum Gasteiger partial charge on any atom is 0.0549 e. The third kappa shape index (κ3) is 6.39. The third-order valence-corrected chi connectivity index (χ3v) is 6.08. The Morgan fingerprint density at radius 3 is 1.75 bits per heavy atom. The van der Waals surface area contributed by atoms with E-state index in [4.69, 9.17) is 0 Å². The van der Waals surface area contributed by atoms with E-state index in [1.54, 1.807) is 0 Å². The Hall–Kier alpha value is -4.04. The van der Waals surface area contributed by atoms with Gasteiger partial charge in [-0.05, 0) is 35.9 Å². The highest BCUT2D eigenvalue weighted by Crippen LogP contribution is 2.38. The second-order valence-electron chi connectivity index (χ2n) is 7.63. The van der Waals surface area contributed by atoms with Gasteiger partial charge in [0.15, 0.2) is 0 Å². The van der Waals surface area contributed by atoms with Crippen molar-refractivity contribution < 1.29 is 0 Å². The molecule has 2 heteroatoms. The monoisotopic (exact) mass is 534 g/mol. The summed E-state index contributed by atoms with van der Waals surface area (Å²) in [6.45, 7) is 28.1. The van der Waals surface area contributed by atoms with Crippen LogP contribution in [0, 0.1) is 0 Å². The summed E-state index contributed by atoms with van der Waals surface area (Å²) in [5.41, 5.74) is 8.00. The summed E-state index contributed by atoms with van der Waals surface area (Å²) in [5, 5.41) is 4.97. The zero-order chi connectivity index (χ0) is 30.2. The fourth-order valence-electron chi connectivity index (χ4n) is 4.74. The Morgan fingerprint density at radius 1 is 0.525 bits per heavy atom. The van der Waals surface area contributed by atoms with Crippen molar-refractivity contribution in [3.05, 3.63) is 103 Å². The number of nitrogens with zero attached hydrogens (tertiary/aromatic N) is 1. The van der Waals surface area contributed by atoms with Crippen LogP contribution in [0.3, 0.4) is 0 Å². The standard InChI is InChI=1S/C28H20N2.5C2H6/c1-3-18-10-9-15-26(19(18)4-2)30-27-14-8-6-12-21(27)23-16-25-22(17-28(23)30)20-11-5-7-13-24(20)29-25;5*1-2/h3-17,29H,1-2H2;5*1-2H3. The molecule has 0 spiro atoms. The number of aromatic amines is 1. The van der Waals surface area contributed by atoms with Crippen LogP contribution in [0.1, 0.15) is 80.4 Å². The predicted molar refractivity (Wildman–Crippen MR) is 187 cm³/mol. The van der Waals surface area contributed by atoms with E-state index in [2.05, 4.69) is 102 Å². The van der Waals surface area contributed by atoms with Crippen LogP contribution in [-0.4, -0.2) is 9.55 Å². The molecule has 0 aliphatic carbocycles. The molecule has 6 rings (SSSR count). The highest BCUT2D eigenvalue weighted by atomic mass is 15.0. The average molecular weight is 535 g/mol. The molecular formula is C38H50N2. The SMILES string of the molecule is C=Cc1cccc(-n2c3ccccc3c3cc4[nH]c5ccccc5c4cc32)c1C=C.CC.CC.CC.CC.CC. The van der Waals surface area contributed by atoms with E-state index in [0.717, 1.165) is 27.8 Å². The number of fused-ring (bicyclic) bond motifs is 6. The summed E-state index contributed by atoms with van der Waals surface area (Å²) in [7, 11) is 0. The van der Waals surface area contributed by atoms with Crippen LogP contribution in [0.2, 0.25) is 0 Å². The van der Waals surface area contributed by atoms with E-state index < -0.39 is 0 Å². The molecule has 2 aromatic heterocycles. The highest BCUT2D eigenvalue weighted by molar-refractivity contribution is 6.18. The second kappa shape index (κ2) is 17.5. The third-order valence-electron chi connectivity index (χ3n) is 6.08. The van der Waals surface area contributed by atoms with Crippen LogP contribution >= 0.6 is 0 Å². The molecule has 0 aliphatic heterocycles. The van der Waals surface area contributed by atoms with Crippen molar-refractivity contribution in [2.45, 2.75) is 69.2 Å². The van der Waals surface area contributed by atoms with Crippen molar-refractivity contribution in [3.8, 4) is 5.69 Å². The number of aromatic nitrogens is 2. The number of rotatable bonds is 3. The molecule has 212 valence electrons. The summed E-state index contributed by atoms with van der Waals surface area (Å²) in [5.74, 6) is 0. The lowest BCUT2D eigenvalue weighted by Gasteiger charge is -2.13. The molecule has 0 radical (unpaired) electrons. The molecule has 4 aromatic carbocycles. The van der Waals surface area contributed by atoms with Gasteiger partial charge in [-0.3, -0.25) is 0 Å². The molecule has 0 aliphatic rings. The van der Waals surface area contributed by atoms with Crippen molar-refractivity contribution in [2.24, 2.45) is 0 Å². The number of benzene rings is 4. The second-order valence-corrected chi connectivity index (χ2v) is 7.63. The smallest absolute Gasteiger partial charge is 0.0549 e. The maximum atomic E-state index is 4.09. The van der Waals surface area contributed by atoms with Gasteiger partial charge in [-0.25, -0.2) is 0 Å². The van der Waals surface area contributed by atoms with Gasteiger partial charge in [-0.15, -0.1) is 0 Å². The molecule has 2 nitrogen and oxygen atoms in total. The first-order chi connectivity index (χ1) is 19.8. The largest absolute Gasteiger partial charge is 0.354 e. The van der Waals surface area contributed by atoms with Crippen molar-refractivity contribution in [3.63, 3.8) is 0 Å². The first-order valence-electron chi connectivity index (χ1n) is 15.1. The summed E-state index contributed by atoms with van der Waals surface area (Å²) in [4.78, 5) is 3.59. The summed E-state index contributed by atoms with van der Waals surface area (Å²) >= 11 is 0. The lowest BCUT2D eigenvalue weighted by atomic mass is 10.0. The predicted octanol–water partition coefficient (Wildman–Crippen LogP) is 12.8. The molecule has 0 saturated heterocycles. The Bertz CT molecular complexity index is 1630. The fraction of sp³-hybridized carbons (Fsp3) is 0.263. The normalized spacial score (nSPS) is 9.45. The Kier molecular flexibility index (Phi) is 14.9. The van der Waals surface area contributed by atoms with Gasteiger partial charge in [0.1, 0.15) is 0 Å². The van der Waals surface area contributed by atoms with E-state index in [-0.39, 0.29) is 0 Å². The molecule has 0 saturated carbocycles. The van der Waals surface area contributed by atoms with Crippen LogP contribution in [-0.2, 0) is 0 Å². The Labute approximate surface area is 243 Å². The minimum Gasteiger partial charge on any atom is -0.354 e. The number of hydrogen-bond donors (Lipinski definition) is 1. The van der Waals surface area contributed by atoms with Crippen molar-refractivity contribution >= 4 is 55.8 Å². The molecule has 1 N–H and O–H groups in total. The molecule has 0 amide bonds. The van der Waals surface area contributed by atoms with Gasteiger partial charge in [0, 0.05) is 38.1 Å². The van der Waals surface area contributed by atoms with Gasteiger partial charge >= 0.3 is 0 Å². The van der Waals surface area contributed by atoms with E-state index in [9.17, 15) is 0 Å². The number of hydrogen-bond acceptors (Lipinski definition) is 0. The van der Waals surface area contributed by atoms with Crippen molar-refractivity contribution in [1.82, 2.24) is 9.55 Å². The van der Waals surface area contributed by atoms with Gasteiger partial charge in [0.05, 0.1) is 16.7 Å². The molecule has 0 unspecified atom stereocenters. The van der Waals surface area contributed by atoms with E-state index >= 15 is 0 Å². The quantitative estimate of drug-likeness (QED) is 0.233. The van der Waals surface area contributed by atoms with E-state index in [1.807, 2.05) is 81.4 Å². The van der Waals surface area contributed by atoms with Gasteiger partial charge in [-0.1, -0.05) is 143 Å². The zero-order valence-corrected chi connectivity index (χ0v) is 26.5. The van der Waals surface area contributed by atoms with Crippen LogP contribution < -0.4 is 0 Å². The number of H-pyrrole nitrogens is 1. The first-order valence-corrected chi connectivity index (χ1v) is 15.1. The zero-order valence-electron chi connectivity index (χ0n) is 26.5. The van der Waals surface area contributed by atoms with Gasteiger partial charge in [-0.2, -0.15) is 0 Å². The topological polar surface area (TPSA) is 20.7 Å². The van der Waals surface area contributed by atoms with Crippen LogP contribution in [0.4, 0.5) is 0 Å². The summed E-state index contributed by atoms with van der Waals surface area (Å²) in [6.07, 6.45) is 3.82. The minimum absolute atomic E-state index is 1.08. The summed E-state index contributed by atoms with van der Waals surface area (Å²) in [6, 6.07) is 28.0. The molecule has 40 heavy (non-hydrogen) atoms. The van der Waals surface area contributed by atoms with Gasteiger partial charge in [0.25, 0.3) is 0 Å². The molecule has 0 fully saturated rings. The fourth-order valence-corrected chi connectivity index (χ4v) is 4.74. The highest BCUT2D eigenvalue weighted by Gasteiger charge is 2.16. The Balaban J connectivity index is 0.000000726. The number of nitrogens with one attached hydrogen (secondary N) is 1. The minimum atomic E-state index is 1.08. The van der Waals surface area contributed by atoms with E-state index in [0.29, 0.717) is 0 Å². The van der Waals surface area contributed by atoms with Gasteiger partial charge < -0.3 is 9.55 Å². The van der Waals surface area contributed by atoms with Crippen LogP contribution in [0.5, 0.6) is 0 Å². The lowest BCUT2D eigenvalue weighted by Crippen LogP contribution is -1.98. The van der Waals surface area contributed by atoms with Crippen molar-refractivity contribution in [1.29, 1.82) is 0 Å². The Morgan fingerprint density at radius 2 is 1.12 bits per heavy atom. The van der Waals surface area contributed by atoms with E-state index in [1.165, 1.54) is 32.6 Å². The molecule has 0 bridgehead atoms. The van der Waals surface area contributed by atoms with Gasteiger partial charge in [0.2, 0.25) is 0 Å². The lowest BCUT2D eigenvalue weighted by molar-refractivity contribution is 1.17. The van der Waals surface area contributed by atoms with Crippen molar-refractivity contribution in [2.75, 3.05) is 0 Å². The number of para-hydroxylation sites is 2. The maximum absolute atomic E-state index is 4.09. The molecular weight excluding hydrogens is 484 g/mol. The molecule has 2 heterocycles. The average Bonchev–Trinajstić information content (AvgIpc) is 3.59. The summed E-state index contributed by atoms with van der Waals surface area (Å²) < 4.78 is 2.36.